The number of fused-ring (bicyclic) bond motifs is 4. The average Bonchev–Trinajstić information content (AvgIpc) is 3.51. The van der Waals surface area contributed by atoms with Crippen LogP contribution in [0.3, 0.4) is 0 Å². The fourth-order valence-corrected chi connectivity index (χ4v) is 5.87. The molecule has 0 aromatic heterocycles. The third kappa shape index (κ3) is 3.52. The lowest BCUT2D eigenvalue weighted by atomic mass is 9.94. The highest BCUT2D eigenvalue weighted by Crippen LogP contribution is 2.45. The van der Waals surface area contributed by atoms with Crippen molar-refractivity contribution >= 4 is 6.09 Å². The first-order valence-electron chi connectivity index (χ1n) is 11.7. The Kier molecular flexibility index (Phi) is 5.16. The van der Waals surface area contributed by atoms with Crippen molar-refractivity contribution in [1.29, 1.82) is 0 Å². The van der Waals surface area contributed by atoms with Crippen LogP contribution in [0.1, 0.15) is 22.6 Å². The van der Waals surface area contributed by atoms with Gasteiger partial charge < -0.3 is 14.6 Å². The summed E-state index contributed by atoms with van der Waals surface area (Å²) in [5, 5.41) is 10.6. The summed E-state index contributed by atoms with van der Waals surface area (Å²) in [6.45, 7) is 1.06. The molecule has 2 fully saturated rings. The molecule has 2 aliphatic heterocycles. The largest absolute Gasteiger partial charge is 0.448 e. The molecule has 5 heteroatoms. The lowest BCUT2D eigenvalue weighted by molar-refractivity contribution is 0.0560. The van der Waals surface area contributed by atoms with Crippen molar-refractivity contribution in [3.05, 3.63) is 95.6 Å². The molecule has 2 heterocycles. The maximum absolute atomic E-state index is 13.2. The van der Waals surface area contributed by atoms with Gasteiger partial charge in [-0.2, -0.15) is 0 Å². The van der Waals surface area contributed by atoms with Crippen LogP contribution in [0.2, 0.25) is 0 Å². The first-order valence-corrected chi connectivity index (χ1v) is 11.7. The number of benzene rings is 3. The van der Waals surface area contributed by atoms with Crippen LogP contribution >= 0.6 is 0 Å². The van der Waals surface area contributed by atoms with Crippen molar-refractivity contribution in [2.45, 2.75) is 30.6 Å². The molecule has 3 aromatic rings. The molecular formula is C28H27NO4. The van der Waals surface area contributed by atoms with Gasteiger partial charge in [0.1, 0.15) is 12.7 Å². The summed E-state index contributed by atoms with van der Waals surface area (Å²) >= 11 is 0. The summed E-state index contributed by atoms with van der Waals surface area (Å²) in [5.74, 6) is 0.152. The summed E-state index contributed by atoms with van der Waals surface area (Å²) in [7, 11) is 0. The van der Waals surface area contributed by atoms with E-state index in [2.05, 4.69) is 36.4 Å². The van der Waals surface area contributed by atoms with Gasteiger partial charge in [0.15, 0.2) is 0 Å². The van der Waals surface area contributed by atoms with Crippen molar-refractivity contribution in [2.75, 3.05) is 19.8 Å². The quantitative estimate of drug-likeness (QED) is 0.658. The number of hydrogen-bond acceptors (Lipinski definition) is 4. The van der Waals surface area contributed by atoms with Crippen molar-refractivity contribution in [1.82, 2.24) is 4.90 Å². The summed E-state index contributed by atoms with van der Waals surface area (Å²) in [5.41, 5.74) is 6.01. The van der Waals surface area contributed by atoms with E-state index < -0.39 is 6.10 Å². The topological polar surface area (TPSA) is 59.0 Å². The standard InChI is InChI=1S/C28H27NO4/c30-25-17-32-27-19(14-18-8-2-1-3-9-18)15-29(26(25)27)28(31)33-16-24-22-12-6-4-10-20(22)21-11-5-7-13-23(21)24/h1-13,19,24-27,30H,14-17H2/t19-,25-,26+,27+/m0/s1. The third-order valence-corrected chi connectivity index (χ3v) is 7.36. The van der Waals surface area contributed by atoms with E-state index in [0.717, 1.165) is 6.42 Å². The Morgan fingerprint density at radius 3 is 2.27 bits per heavy atom. The second-order valence-corrected chi connectivity index (χ2v) is 9.26. The fraction of sp³-hybridized carbons (Fsp3) is 0.321. The Morgan fingerprint density at radius 2 is 1.58 bits per heavy atom. The summed E-state index contributed by atoms with van der Waals surface area (Å²) in [6.07, 6.45) is -0.411. The number of aliphatic hydroxyl groups is 1. The molecule has 0 spiro atoms. The molecular weight excluding hydrogens is 414 g/mol. The first kappa shape index (κ1) is 20.5. The minimum absolute atomic E-state index is 0.0182. The lowest BCUT2D eigenvalue weighted by Gasteiger charge is -2.25. The monoisotopic (exact) mass is 441 g/mol. The zero-order valence-corrected chi connectivity index (χ0v) is 18.3. The highest BCUT2D eigenvalue weighted by Gasteiger charge is 2.52. The number of carbonyl (C=O) groups excluding carboxylic acids is 1. The van der Waals surface area contributed by atoms with E-state index in [4.69, 9.17) is 9.47 Å². The second kappa shape index (κ2) is 8.32. The van der Waals surface area contributed by atoms with E-state index >= 15 is 0 Å². The summed E-state index contributed by atoms with van der Waals surface area (Å²) in [6, 6.07) is 26.5. The Labute approximate surface area is 193 Å². The van der Waals surface area contributed by atoms with Crippen LogP contribution in [-0.2, 0) is 15.9 Å². The van der Waals surface area contributed by atoms with E-state index in [9.17, 15) is 9.90 Å². The number of rotatable bonds is 4. The van der Waals surface area contributed by atoms with Crippen LogP contribution in [0, 0.1) is 5.92 Å². The van der Waals surface area contributed by atoms with Crippen LogP contribution in [0.15, 0.2) is 78.9 Å². The molecule has 33 heavy (non-hydrogen) atoms. The zero-order chi connectivity index (χ0) is 22.4. The van der Waals surface area contributed by atoms with Gasteiger partial charge in [-0.25, -0.2) is 4.79 Å². The smallest absolute Gasteiger partial charge is 0.410 e. The highest BCUT2D eigenvalue weighted by molar-refractivity contribution is 5.79. The van der Waals surface area contributed by atoms with Gasteiger partial charge in [-0.1, -0.05) is 78.9 Å². The molecule has 0 bridgehead atoms. The number of ether oxygens (including phenoxy) is 2. The Morgan fingerprint density at radius 1 is 0.939 bits per heavy atom. The van der Waals surface area contributed by atoms with Crippen LogP contribution in [0.5, 0.6) is 0 Å². The van der Waals surface area contributed by atoms with Crippen LogP contribution < -0.4 is 0 Å². The average molecular weight is 442 g/mol. The normalized spacial score (nSPS) is 25.5. The van der Waals surface area contributed by atoms with Crippen LogP contribution in [0.4, 0.5) is 4.79 Å². The zero-order valence-electron chi connectivity index (χ0n) is 18.3. The molecule has 6 rings (SSSR count). The second-order valence-electron chi connectivity index (χ2n) is 9.26. The van der Waals surface area contributed by atoms with Gasteiger partial charge in [0.2, 0.25) is 0 Å². The molecule has 1 aliphatic carbocycles. The summed E-state index contributed by atoms with van der Waals surface area (Å²) in [4.78, 5) is 14.9. The number of aliphatic hydroxyl groups excluding tert-OH is 1. The number of carbonyl (C=O) groups is 1. The molecule has 1 N–H and O–H groups in total. The predicted octanol–water partition coefficient (Wildman–Crippen LogP) is 4.24. The van der Waals surface area contributed by atoms with E-state index in [1.165, 1.54) is 27.8 Å². The molecule has 0 unspecified atom stereocenters. The molecule has 168 valence electrons. The number of nitrogens with zero attached hydrogens (tertiary/aromatic N) is 1. The highest BCUT2D eigenvalue weighted by atomic mass is 16.6. The SMILES string of the molecule is O=C(OCC1c2ccccc2-c2ccccc21)N1C[C@H](Cc2ccccc2)[C@H]2OC[C@H](O)[C@H]21. The number of amides is 1. The van der Waals surface area contributed by atoms with Gasteiger partial charge in [-0.3, -0.25) is 4.90 Å². The molecule has 0 saturated carbocycles. The third-order valence-electron chi connectivity index (χ3n) is 7.36. The molecule has 1 amide bonds. The predicted molar refractivity (Wildman–Crippen MR) is 125 cm³/mol. The Hall–Kier alpha value is -3.15. The van der Waals surface area contributed by atoms with Crippen LogP contribution in [-0.4, -0.2) is 54.1 Å². The van der Waals surface area contributed by atoms with E-state index in [1.807, 2.05) is 42.5 Å². The summed E-state index contributed by atoms with van der Waals surface area (Å²) < 4.78 is 11.8. The van der Waals surface area contributed by atoms with Crippen molar-refractivity contribution in [2.24, 2.45) is 5.92 Å². The maximum atomic E-state index is 13.2. The van der Waals surface area contributed by atoms with Gasteiger partial charge in [-0.05, 0) is 34.2 Å². The molecule has 2 saturated heterocycles. The first-order chi connectivity index (χ1) is 16.2. The molecule has 4 atom stereocenters. The Bertz CT molecular complexity index is 1120. The minimum atomic E-state index is -0.684. The number of likely N-dealkylation sites (tertiary alicyclic amines) is 1. The van der Waals surface area contributed by atoms with Gasteiger partial charge >= 0.3 is 6.09 Å². The maximum Gasteiger partial charge on any atom is 0.410 e. The van der Waals surface area contributed by atoms with Crippen molar-refractivity contribution in [3.8, 4) is 11.1 Å². The van der Waals surface area contributed by atoms with Crippen molar-refractivity contribution in [3.63, 3.8) is 0 Å². The van der Waals surface area contributed by atoms with Crippen molar-refractivity contribution < 1.29 is 19.4 Å². The fourth-order valence-electron chi connectivity index (χ4n) is 5.87. The molecule has 5 nitrogen and oxygen atoms in total. The van der Waals surface area contributed by atoms with Gasteiger partial charge in [0.05, 0.1) is 18.8 Å². The Balaban J connectivity index is 1.19. The van der Waals surface area contributed by atoms with E-state index in [0.29, 0.717) is 6.54 Å². The van der Waals surface area contributed by atoms with E-state index in [-0.39, 0.29) is 43.3 Å². The lowest BCUT2D eigenvalue weighted by Crippen LogP contribution is -2.44. The van der Waals surface area contributed by atoms with Gasteiger partial charge in [-0.15, -0.1) is 0 Å². The minimum Gasteiger partial charge on any atom is -0.448 e. The molecule has 3 aromatic carbocycles. The van der Waals surface area contributed by atoms with Crippen LogP contribution in [0.25, 0.3) is 11.1 Å². The van der Waals surface area contributed by atoms with Gasteiger partial charge in [0, 0.05) is 18.4 Å². The molecule has 3 aliphatic rings. The number of hydrogen-bond donors (Lipinski definition) is 1. The molecule has 0 radical (unpaired) electrons. The van der Waals surface area contributed by atoms with Gasteiger partial charge in [0.25, 0.3) is 0 Å². The van der Waals surface area contributed by atoms with E-state index in [1.54, 1.807) is 4.90 Å².